The van der Waals surface area contributed by atoms with Gasteiger partial charge in [-0.3, -0.25) is 5.10 Å². The van der Waals surface area contributed by atoms with Crippen LogP contribution in [0.2, 0.25) is 0 Å². The highest BCUT2D eigenvalue weighted by atomic mass is 32.2. The Balaban J connectivity index is 1.78. The maximum atomic E-state index is 11.7. The molecule has 2 N–H and O–H groups in total. The molecule has 0 saturated carbocycles. The SMILES string of the molecule is CCc1nc(S/C(=C\c2ccc(OCc3ccccc3)c(OC)c2)C(=O)O)n[nH]1. The van der Waals surface area contributed by atoms with Crippen molar-refractivity contribution in [1.29, 1.82) is 0 Å². The molecule has 0 amide bonds. The average molecular weight is 411 g/mol. The summed E-state index contributed by atoms with van der Waals surface area (Å²) in [6, 6.07) is 15.1. The van der Waals surface area contributed by atoms with Gasteiger partial charge in [0.15, 0.2) is 11.5 Å². The number of hydrogen-bond acceptors (Lipinski definition) is 6. The first-order chi connectivity index (χ1) is 14.1. The number of benzene rings is 2. The molecule has 1 heterocycles. The smallest absolute Gasteiger partial charge is 0.342 e. The number of thioether (sulfide) groups is 1. The lowest BCUT2D eigenvalue weighted by atomic mass is 10.2. The molecule has 1 aromatic heterocycles. The first kappa shape index (κ1) is 20.5. The van der Waals surface area contributed by atoms with E-state index in [0.717, 1.165) is 17.3 Å². The fourth-order valence-electron chi connectivity index (χ4n) is 2.49. The minimum atomic E-state index is -1.05. The fourth-order valence-corrected chi connectivity index (χ4v) is 3.22. The van der Waals surface area contributed by atoms with E-state index in [9.17, 15) is 9.90 Å². The largest absolute Gasteiger partial charge is 0.493 e. The normalized spacial score (nSPS) is 11.3. The van der Waals surface area contributed by atoms with Crippen molar-refractivity contribution in [2.75, 3.05) is 7.11 Å². The molecule has 0 unspecified atom stereocenters. The van der Waals surface area contributed by atoms with Crippen molar-refractivity contribution < 1.29 is 19.4 Å². The van der Waals surface area contributed by atoms with E-state index >= 15 is 0 Å². The lowest BCUT2D eigenvalue weighted by molar-refractivity contribution is -0.131. The van der Waals surface area contributed by atoms with Gasteiger partial charge in [0.25, 0.3) is 0 Å². The van der Waals surface area contributed by atoms with Crippen LogP contribution in [0.4, 0.5) is 0 Å². The molecule has 0 bridgehead atoms. The summed E-state index contributed by atoms with van der Waals surface area (Å²) in [6.45, 7) is 2.35. The zero-order chi connectivity index (χ0) is 20.6. The summed E-state index contributed by atoms with van der Waals surface area (Å²) >= 11 is 0.989. The number of H-pyrrole nitrogens is 1. The molecule has 3 rings (SSSR count). The third-order valence-corrected chi connectivity index (χ3v) is 4.86. The monoisotopic (exact) mass is 411 g/mol. The molecule has 29 heavy (non-hydrogen) atoms. The number of aryl methyl sites for hydroxylation is 1. The van der Waals surface area contributed by atoms with Crippen molar-refractivity contribution >= 4 is 23.8 Å². The Kier molecular flexibility index (Phi) is 6.91. The number of aliphatic carboxylic acids is 1. The summed E-state index contributed by atoms with van der Waals surface area (Å²) in [6.07, 6.45) is 2.25. The first-order valence-corrected chi connectivity index (χ1v) is 9.79. The van der Waals surface area contributed by atoms with E-state index in [1.54, 1.807) is 31.4 Å². The van der Waals surface area contributed by atoms with Crippen LogP contribution < -0.4 is 9.47 Å². The van der Waals surface area contributed by atoms with Crippen LogP contribution in [-0.2, 0) is 17.8 Å². The van der Waals surface area contributed by atoms with Crippen molar-refractivity contribution in [2.24, 2.45) is 0 Å². The Morgan fingerprint density at radius 2 is 2.00 bits per heavy atom. The van der Waals surface area contributed by atoms with Crippen LogP contribution in [0, 0.1) is 0 Å². The van der Waals surface area contributed by atoms with Crippen LogP contribution in [0.1, 0.15) is 23.9 Å². The zero-order valence-electron chi connectivity index (χ0n) is 16.1. The van der Waals surface area contributed by atoms with E-state index < -0.39 is 5.97 Å². The predicted molar refractivity (Wildman–Crippen MR) is 111 cm³/mol. The van der Waals surface area contributed by atoms with Crippen molar-refractivity contribution in [3.8, 4) is 11.5 Å². The van der Waals surface area contributed by atoms with Crippen LogP contribution in [0.3, 0.4) is 0 Å². The van der Waals surface area contributed by atoms with Crippen molar-refractivity contribution in [1.82, 2.24) is 15.2 Å². The van der Waals surface area contributed by atoms with Crippen LogP contribution in [0.5, 0.6) is 11.5 Å². The quantitative estimate of drug-likeness (QED) is 0.403. The molecule has 0 aliphatic rings. The number of rotatable bonds is 9. The molecule has 3 aromatic rings. The molecule has 0 fully saturated rings. The molecule has 0 saturated heterocycles. The van der Waals surface area contributed by atoms with Gasteiger partial charge in [-0.15, -0.1) is 5.10 Å². The molecule has 0 aliphatic heterocycles. The van der Waals surface area contributed by atoms with Crippen LogP contribution >= 0.6 is 11.8 Å². The molecular formula is C21H21N3O4S. The number of hydrogen-bond donors (Lipinski definition) is 2. The van der Waals surface area contributed by atoms with Gasteiger partial charge in [-0.1, -0.05) is 43.3 Å². The first-order valence-electron chi connectivity index (χ1n) is 8.98. The van der Waals surface area contributed by atoms with Gasteiger partial charge in [0.1, 0.15) is 17.3 Å². The summed E-state index contributed by atoms with van der Waals surface area (Å²) in [5.74, 6) is 0.759. The van der Waals surface area contributed by atoms with Crippen LogP contribution in [-0.4, -0.2) is 33.4 Å². The maximum Gasteiger partial charge on any atom is 0.342 e. The van der Waals surface area contributed by atoms with Gasteiger partial charge in [0.05, 0.1) is 7.11 Å². The van der Waals surface area contributed by atoms with E-state index in [4.69, 9.17) is 9.47 Å². The van der Waals surface area contributed by atoms with Gasteiger partial charge < -0.3 is 14.6 Å². The molecule has 150 valence electrons. The minimum absolute atomic E-state index is 0.103. The highest BCUT2D eigenvalue weighted by Gasteiger charge is 2.14. The summed E-state index contributed by atoms with van der Waals surface area (Å²) in [4.78, 5) is 16.0. The number of ether oxygens (including phenoxy) is 2. The topological polar surface area (TPSA) is 97.3 Å². The lowest BCUT2D eigenvalue weighted by Crippen LogP contribution is -1.99. The Labute approximate surface area is 172 Å². The number of aromatic amines is 1. The van der Waals surface area contributed by atoms with E-state index in [-0.39, 0.29) is 4.91 Å². The number of aromatic nitrogens is 3. The Morgan fingerprint density at radius 3 is 2.66 bits per heavy atom. The number of carboxylic acid groups (broad SMARTS) is 1. The van der Waals surface area contributed by atoms with Crippen LogP contribution in [0.25, 0.3) is 6.08 Å². The second kappa shape index (κ2) is 9.79. The summed E-state index contributed by atoms with van der Waals surface area (Å²) in [5.41, 5.74) is 1.71. The molecular weight excluding hydrogens is 390 g/mol. The summed E-state index contributed by atoms with van der Waals surface area (Å²) in [5, 5.41) is 16.7. The number of nitrogens with one attached hydrogen (secondary N) is 1. The molecule has 0 aliphatic carbocycles. The Bertz CT molecular complexity index is 1000. The number of nitrogens with zero attached hydrogens (tertiary/aromatic N) is 2. The molecule has 8 heteroatoms. The standard InChI is InChI=1S/C21H21N3O4S/c1-3-19-22-21(24-23-19)29-18(20(25)26)12-15-9-10-16(17(11-15)27-2)28-13-14-7-5-4-6-8-14/h4-12H,3,13H2,1-2H3,(H,25,26)(H,22,23,24)/b18-12-. The van der Waals surface area contributed by atoms with Crippen molar-refractivity contribution in [3.05, 3.63) is 70.4 Å². The molecule has 0 atom stereocenters. The van der Waals surface area contributed by atoms with E-state index in [1.165, 1.54) is 0 Å². The zero-order valence-corrected chi connectivity index (χ0v) is 16.9. The Hall–Kier alpha value is -3.26. The highest BCUT2D eigenvalue weighted by molar-refractivity contribution is 8.04. The summed E-state index contributed by atoms with van der Waals surface area (Å²) < 4.78 is 11.3. The third-order valence-electron chi connectivity index (χ3n) is 3.98. The maximum absolute atomic E-state index is 11.7. The molecule has 7 nitrogen and oxygen atoms in total. The third kappa shape index (κ3) is 5.61. The second-order valence-electron chi connectivity index (χ2n) is 6.02. The van der Waals surface area contributed by atoms with Crippen LogP contribution in [0.15, 0.2) is 58.6 Å². The molecule has 2 aromatic carbocycles. The van der Waals surface area contributed by atoms with Gasteiger partial charge in [-0.05, 0) is 41.1 Å². The number of methoxy groups -OCH3 is 1. The van der Waals surface area contributed by atoms with Gasteiger partial charge >= 0.3 is 5.97 Å². The fraction of sp³-hybridized carbons (Fsp3) is 0.190. The summed E-state index contributed by atoms with van der Waals surface area (Å²) in [7, 11) is 1.55. The van der Waals surface area contributed by atoms with Crippen molar-refractivity contribution in [3.63, 3.8) is 0 Å². The highest BCUT2D eigenvalue weighted by Crippen LogP contribution is 2.32. The van der Waals surface area contributed by atoms with Gasteiger partial charge in [-0.25, -0.2) is 9.78 Å². The van der Waals surface area contributed by atoms with Gasteiger partial charge in [0.2, 0.25) is 5.16 Å². The van der Waals surface area contributed by atoms with Crippen molar-refractivity contribution in [2.45, 2.75) is 25.1 Å². The van der Waals surface area contributed by atoms with E-state index in [1.807, 2.05) is 37.3 Å². The number of carboxylic acids is 1. The molecule has 0 radical (unpaired) electrons. The van der Waals surface area contributed by atoms with E-state index in [0.29, 0.717) is 41.1 Å². The minimum Gasteiger partial charge on any atom is -0.493 e. The Morgan fingerprint density at radius 1 is 1.21 bits per heavy atom. The average Bonchev–Trinajstić information content (AvgIpc) is 3.20. The second-order valence-corrected chi connectivity index (χ2v) is 7.03. The van der Waals surface area contributed by atoms with E-state index in [2.05, 4.69) is 15.2 Å². The predicted octanol–water partition coefficient (Wildman–Crippen LogP) is 4.17. The molecule has 0 spiro atoms. The number of carbonyl (C=O) groups is 1. The lowest BCUT2D eigenvalue weighted by Gasteiger charge is -2.11. The van der Waals surface area contributed by atoms with Gasteiger partial charge in [0, 0.05) is 6.42 Å². The van der Waals surface area contributed by atoms with Gasteiger partial charge in [-0.2, -0.15) is 0 Å².